The highest BCUT2D eigenvalue weighted by molar-refractivity contribution is 7.15. The third kappa shape index (κ3) is 5.50. The predicted molar refractivity (Wildman–Crippen MR) is 130 cm³/mol. The first kappa shape index (κ1) is 23.2. The zero-order chi connectivity index (χ0) is 23.2. The number of rotatable bonds is 7. The molecular weight excluding hydrogens is 462 g/mol. The molecule has 33 heavy (non-hydrogen) atoms. The number of carbonyl (C=O) groups is 2. The van der Waals surface area contributed by atoms with Crippen LogP contribution in [0.3, 0.4) is 0 Å². The highest BCUT2D eigenvalue weighted by Gasteiger charge is 2.25. The van der Waals surface area contributed by atoms with Crippen molar-refractivity contribution in [3.8, 4) is 11.1 Å². The van der Waals surface area contributed by atoms with Gasteiger partial charge in [0, 0.05) is 60.1 Å². The van der Waals surface area contributed by atoms with Crippen LogP contribution in [-0.2, 0) is 9.53 Å². The minimum absolute atomic E-state index is 0.183. The van der Waals surface area contributed by atoms with E-state index in [0.717, 1.165) is 18.7 Å². The van der Waals surface area contributed by atoms with E-state index in [9.17, 15) is 9.59 Å². The first-order chi connectivity index (χ1) is 16.1. The fraction of sp³-hybridized carbons (Fsp3) is 0.304. The van der Waals surface area contributed by atoms with Crippen molar-refractivity contribution in [3.63, 3.8) is 0 Å². The first-order valence-electron chi connectivity index (χ1n) is 10.6. The van der Waals surface area contributed by atoms with E-state index in [0.29, 0.717) is 40.2 Å². The summed E-state index contributed by atoms with van der Waals surface area (Å²) in [6.45, 7) is 5.11. The molecule has 0 atom stereocenters. The summed E-state index contributed by atoms with van der Waals surface area (Å²) in [7, 11) is 0. The van der Waals surface area contributed by atoms with Crippen molar-refractivity contribution in [2.24, 2.45) is 0 Å². The second kappa shape index (κ2) is 10.7. The fourth-order valence-electron chi connectivity index (χ4n) is 3.66. The minimum atomic E-state index is -0.486. The van der Waals surface area contributed by atoms with Gasteiger partial charge in [-0.2, -0.15) is 0 Å². The number of nitrogens with zero attached hydrogens (tertiary/aromatic N) is 4. The van der Waals surface area contributed by atoms with Gasteiger partial charge in [0.25, 0.3) is 0 Å². The van der Waals surface area contributed by atoms with Gasteiger partial charge in [-0.3, -0.25) is 9.69 Å². The molecule has 0 unspecified atom stereocenters. The number of anilines is 2. The Bertz CT molecular complexity index is 1120. The van der Waals surface area contributed by atoms with Crippen LogP contribution in [0.5, 0.6) is 0 Å². The van der Waals surface area contributed by atoms with Gasteiger partial charge < -0.3 is 15.0 Å². The van der Waals surface area contributed by atoms with Gasteiger partial charge in [-0.05, 0) is 19.1 Å². The minimum Gasteiger partial charge on any atom is -0.462 e. The van der Waals surface area contributed by atoms with Crippen molar-refractivity contribution in [3.05, 3.63) is 58.7 Å². The van der Waals surface area contributed by atoms with Gasteiger partial charge in [-0.1, -0.05) is 29.8 Å². The molecule has 0 saturated carbocycles. The highest BCUT2D eigenvalue weighted by Crippen LogP contribution is 2.39. The number of hydrogen-bond donors (Lipinski definition) is 1. The van der Waals surface area contributed by atoms with E-state index >= 15 is 0 Å². The van der Waals surface area contributed by atoms with Crippen LogP contribution in [0.1, 0.15) is 17.3 Å². The maximum atomic E-state index is 12.8. The van der Waals surface area contributed by atoms with Crippen molar-refractivity contribution < 1.29 is 14.3 Å². The maximum absolute atomic E-state index is 12.8. The molecule has 3 aromatic rings. The van der Waals surface area contributed by atoms with Crippen LogP contribution in [0.2, 0.25) is 5.02 Å². The third-order valence-corrected chi connectivity index (χ3v) is 6.49. The molecule has 2 aromatic heterocycles. The lowest BCUT2D eigenvalue weighted by atomic mass is 10.0. The smallest absolute Gasteiger partial charge is 0.341 e. The quantitative estimate of drug-likeness (QED) is 0.509. The zero-order valence-electron chi connectivity index (χ0n) is 18.2. The average Bonchev–Trinajstić information content (AvgIpc) is 3.23. The summed E-state index contributed by atoms with van der Waals surface area (Å²) in [6.07, 6.45) is 3.45. The number of hydrogen-bond acceptors (Lipinski definition) is 8. The number of thiophene rings is 1. The average molecular weight is 486 g/mol. The Kier molecular flexibility index (Phi) is 7.54. The second-order valence-corrected chi connectivity index (χ2v) is 8.70. The number of ether oxygens (including phenoxy) is 1. The van der Waals surface area contributed by atoms with Crippen LogP contribution in [-0.4, -0.2) is 66.1 Å². The number of halogens is 1. The van der Waals surface area contributed by atoms with Gasteiger partial charge in [0.15, 0.2) is 0 Å². The van der Waals surface area contributed by atoms with Crippen LogP contribution in [0.4, 0.5) is 10.9 Å². The molecule has 3 heterocycles. The molecule has 0 spiro atoms. The van der Waals surface area contributed by atoms with Crippen LogP contribution in [0.15, 0.2) is 48.1 Å². The SMILES string of the molecule is CCOC(=O)c1c(-c2ccccc2Cl)csc1NC(=O)CN1CCN(c2ncccn2)CC1. The highest BCUT2D eigenvalue weighted by atomic mass is 35.5. The van der Waals surface area contributed by atoms with Gasteiger partial charge in [0.2, 0.25) is 11.9 Å². The Morgan fingerprint density at radius 2 is 1.82 bits per heavy atom. The molecule has 1 fully saturated rings. The number of piperazine rings is 1. The Morgan fingerprint density at radius 1 is 1.09 bits per heavy atom. The van der Waals surface area contributed by atoms with E-state index in [1.807, 2.05) is 23.6 Å². The van der Waals surface area contributed by atoms with Crippen LogP contribution in [0.25, 0.3) is 11.1 Å². The van der Waals surface area contributed by atoms with Gasteiger partial charge in [0.05, 0.1) is 13.2 Å². The van der Waals surface area contributed by atoms with Crippen molar-refractivity contribution >= 4 is 45.8 Å². The molecule has 172 valence electrons. The molecule has 10 heteroatoms. The molecule has 0 aliphatic carbocycles. The normalized spacial score (nSPS) is 14.2. The van der Waals surface area contributed by atoms with Crippen LogP contribution in [0, 0.1) is 0 Å². The molecule has 1 amide bonds. The number of benzene rings is 1. The zero-order valence-corrected chi connectivity index (χ0v) is 19.7. The summed E-state index contributed by atoms with van der Waals surface area (Å²) in [4.78, 5) is 38.3. The Balaban J connectivity index is 1.44. The van der Waals surface area contributed by atoms with Crippen molar-refractivity contribution in [2.45, 2.75) is 6.92 Å². The Labute approximate surface area is 201 Å². The predicted octanol–water partition coefficient (Wildman–Crippen LogP) is 3.80. The molecule has 1 aliphatic rings. The topological polar surface area (TPSA) is 87.7 Å². The van der Waals surface area contributed by atoms with E-state index in [2.05, 4.69) is 25.1 Å². The van der Waals surface area contributed by atoms with Gasteiger partial charge in [-0.15, -0.1) is 11.3 Å². The Morgan fingerprint density at radius 3 is 2.52 bits per heavy atom. The van der Waals surface area contributed by atoms with Crippen LogP contribution < -0.4 is 10.2 Å². The first-order valence-corrected chi connectivity index (χ1v) is 11.9. The number of aromatic nitrogens is 2. The molecule has 8 nitrogen and oxygen atoms in total. The van der Waals surface area contributed by atoms with E-state index in [1.165, 1.54) is 11.3 Å². The van der Waals surface area contributed by atoms with Gasteiger partial charge in [0.1, 0.15) is 10.6 Å². The standard InChI is InChI=1S/C23H24ClN5O3S/c1-2-32-22(31)20-17(16-6-3-4-7-18(16)24)15-33-21(20)27-19(30)14-28-10-12-29(13-11-28)23-25-8-5-9-26-23/h3-9,15H,2,10-14H2,1H3,(H,27,30). The van der Waals surface area contributed by atoms with Crippen molar-refractivity contribution in [1.29, 1.82) is 0 Å². The lowest BCUT2D eigenvalue weighted by Crippen LogP contribution is -2.49. The van der Waals surface area contributed by atoms with Crippen LogP contribution >= 0.6 is 22.9 Å². The molecule has 0 radical (unpaired) electrons. The number of amides is 1. The molecule has 1 aromatic carbocycles. The Hall–Kier alpha value is -3.01. The van der Waals surface area contributed by atoms with Gasteiger partial charge in [-0.25, -0.2) is 14.8 Å². The summed E-state index contributed by atoms with van der Waals surface area (Å²) >= 11 is 7.65. The lowest BCUT2D eigenvalue weighted by Gasteiger charge is -2.34. The lowest BCUT2D eigenvalue weighted by molar-refractivity contribution is -0.117. The molecule has 4 rings (SSSR count). The molecule has 1 aliphatic heterocycles. The van der Waals surface area contributed by atoms with Crippen molar-refractivity contribution in [2.75, 3.05) is 49.5 Å². The van der Waals surface area contributed by atoms with E-state index < -0.39 is 5.97 Å². The van der Waals surface area contributed by atoms with Crippen molar-refractivity contribution in [1.82, 2.24) is 14.9 Å². The summed E-state index contributed by atoms with van der Waals surface area (Å²) in [5.41, 5.74) is 1.70. The van der Waals surface area contributed by atoms with E-state index in [1.54, 1.807) is 31.5 Å². The summed E-state index contributed by atoms with van der Waals surface area (Å²) < 4.78 is 5.26. The number of carbonyl (C=O) groups excluding carboxylic acids is 2. The third-order valence-electron chi connectivity index (χ3n) is 5.26. The van der Waals surface area contributed by atoms with E-state index in [4.69, 9.17) is 16.3 Å². The molecule has 1 saturated heterocycles. The molecular formula is C23H24ClN5O3S. The monoisotopic (exact) mass is 485 g/mol. The summed E-state index contributed by atoms with van der Waals surface area (Å²) in [6, 6.07) is 9.08. The van der Waals surface area contributed by atoms with E-state index in [-0.39, 0.29) is 19.1 Å². The number of nitrogens with one attached hydrogen (secondary N) is 1. The second-order valence-electron chi connectivity index (χ2n) is 7.41. The van der Waals surface area contributed by atoms with Gasteiger partial charge >= 0.3 is 5.97 Å². The number of esters is 1. The summed E-state index contributed by atoms with van der Waals surface area (Å²) in [5, 5.41) is 5.72. The summed E-state index contributed by atoms with van der Waals surface area (Å²) in [5.74, 6) is 0.0318. The molecule has 1 N–H and O–H groups in total. The maximum Gasteiger partial charge on any atom is 0.341 e. The largest absolute Gasteiger partial charge is 0.462 e. The fourth-order valence-corrected chi connectivity index (χ4v) is 4.87. The molecule has 0 bridgehead atoms.